The first-order chi connectivity index (χ1) is 6.61. The van der Waals surface area contributed by atoms with Crippen LogP contribution in [0.1, 0.15) is 47.0 Å². The van der Waals surface area contributed by atoms with Gasteiger partial charge in [0.2, 0.25) is 0 Å². The maximum Gasteiger partial charge on any atom is 0.315 e. The van der Waals surface area contributed by atoms with E-state index in [1.54, 1.807) is 0 Å². The summed E-state index contributed by atoms with van der Waals surface area (Å²) in [6.45, 7) is 9.23. The number of nitrogens with one attached hydrogen (secondary N) is 2. The lowest BCUT2D eigenvalue weighted by atomic mass is 10.0. The third-order valence-electron chi connectivity index (χ3n) is 2.38. The van der Waals surface area contributed by atoms with E-state index in [9.17, 15) is 4.79 Å². The maximum atomic E-state index is 11.4. The minimum Gasteiger partial charge on any atom is -0.338 e. The molecule has 1 atom stereocenters. The minimum atomic E-state index is -0.0287. The first kappa shape index (κ1) is 13.3. The zero-order valence-electron chi connectivity index (χ0n) is 9.89. The van der Waals surface area contributed by atoms with Crippen molar-refractivity contribution in [3.63, 3.8) is 0 Å². The lowest BCUT2D eigenvalue weighted by Gasteiger charge is -2.20. The maximum absolute atomic E-state index is 11.4. The largest absolute Gasteiger partial charge is 0.338 e. The molecule has 0 aromatic rings. The molecule has 0 saturated heterocycles. The first-order valence-electron chi connectivity index (χ1n) is 5.66. The molecule has 14 heavy (non-hydrogen) atoms. The Morgan fingerprint density at radius 3 is 2.36 bits per heavy atom. The molecule has 3 nitrogen and oxygen atoms in total. The van der Waals surface area contributed by atoms with Crippen LogP contribution in [0, 0.1) is 5.92 Å². The molecule has 0 aliphatic carbocycles. The van der Waals surface area contributed by atoms with Gasteiger partial charge in [0.1, 0.15) is 0 Å². The standard InChI is InChI=1S/C11H24N2O/c1-5-7-8-12-11(14)13-10(6-2)9(3)4/h9-10H,5-8H2,1-4H3,(H2,12,13,14). The van der Waals surface area contributed by atoms with E-state index in [0.717, 1.165) is 25.8 Å². The summed E-state index contributed by atoms with van der Waals surface area (Å²) >= 11 is 0. The van der Waals surface area contributed by atoms with E-state index in [1.807, 2.05) is 0 Å². The lowest BCUT2D eigenvalue weighted by molar-refractivity contribution is 0.232. The van der Waals surface area contributed by atoms with Crippen molar-refractivity contribution in [3.8, 4) is 0 Å². The zero-order valence-corrected chi connectivity index (χ0v) is 9.89. The fraction of sp³-hybridized carbons (Fsp3) is 0.909. The van der Waals surface area contributed by atoms with Gasteiger partial charge in [-0.2, -0.15) is 0 Å². The summed E-state index contributed by atoms with van der Waals surface area (Å²) in [5, 5.41) is 5.83. The second kappa shape index (κ2) is 7.65. The summed E-state index contributed by atoms with van der Waals surface area (Å²) in [7, 11) is 0. The van der Waals surface area contributed by atoms with Gasteiger partial charge in [0.15, 0.2) is 0 Å². The fourth-order valence-electron chi connectivity index (χ4n) is 1.34. The second-order valence-corrected chi connectivity index (χ2v) is 4.01. The van der Waals surface area contributed by atoms with Crippen molar-refractivity contribution in [3.05, 3.63) is 0 Å². The summed E-state index contributed by atoms with van der Waals surface area (Å²) in [6.07, 6.45) is 3.15. The first-order valence-corrected chi connectivity index (χ1v) is 5.66. The van der Waals surface area contributed by atoms with Gasteiger partial charge in [0, 0.05) is 12.6 Å². The highest BCUT2D eigenvalue weighted by Crippen LogP contribution is 2.04. The molecule has 0 aromatic heterocycles. The van der Waals surface area contributed by atoms with Gasteiger partial charge < -0.3 is 10.6 Å². The average molecular weight is 200 g/mol. The third-order valence-corrected chi connectivity index (χ3v) is 2.38. The Labute approximate surface area is 87.6 Å². The highest BCUT2D eigenvalue weighted by Gasteiger charge is 2.12. The van der Waals surface area contributed by atoms with Crippen molar-refractivity contribution >= 4 is 6.03 Å². The number of unbranched alkanes of at least 4 members (excludes halogenated alkanes) is 1. The highest BCUT2D eigenvalue weighted by molar-refractivity contribution is 5.74. The second-order valence-electron chi connectivity index (χ2n) is 4.01. The Morgan fingerprint density at radius 1 is 1.29 bits per heavy atom. The van der Waals surface area contributed by atoms with Crippen molar-refractivity contribution in [2.24, 2.45) is 5.92 Å². The average Bonchev–Trinajstić information content (AvgIpc) is 2.14. The van der Waals surface area contributed by atoms with Crippen molar-refractivity contribution in [2.45, 2.75) is 53.0 Å². The summed E-state index contributed by atoms with van der Waals surface area (Å²) in [4.78, 5) is 11.4. The molecule has 0 heterocycles. The Hall–Kier alpha value is -0.730. The van der Waals surface area contributed by atoms with Gasteiger partial charge in [0.05, 0.1) is 0 Å². The molecule has 0 aromatic carbocycles. The Morgan fingerprint density at radius 2 is 1.93 bits per heavy atom. The van der Waals surface area contributed by atoms with Gasteiger partial charge in [-0.05, 0) is 18.8 Å². The monoisotopic (exact) mass is 200 g/mol. The van der Waals surface area contributed by atoms with Gasteiger partial charge in [-0.3, -0.25) is 0 Å². The smallest absolute Gasteiger partial charge is 0.315 e. The molecule has 0 saturated carbocycles. The normalized spacial score (nSPS) is 12.6. The molecule has 0 fully saturated rings. The van der Waals surface area contributed by atoms with Gasteiger partial charge >= 0.3 is 6.03 Å². The molecule has 0 bridgehead atoms. The summed E-state index contributed by atoms with van der Waals surface area (Å²) in [5.41, 5.74) is 0. The van der Waals surface area contributed by atoms with Crippen LogP contribution in [0.15, 0.2) is 0 Å². The van der Waals surface area contributed by atoms with E-state index in [4.69, 9.17) is 0 Å². The molecular weight excluding hydrogens is 176 g/mol. The summed E-state index contributed by atoms with van der Waals surface area (Å²) in [6, 6.07) is 0.260. The van der Waals surface area contributed by atoms with Crippen LogP contribution in [0.3, 0.4) is 0 Å². The van der Waals surface area contributed by atoms with Crippen molar-refractivity contribution in [1.29, 1.82) is 0 Å². The van der Waals surface area contributed by atoms with Crippen molar-refractivity contribution in [1.82, 2.24) is 10.6 Å². The van der Waals surface area contributed by atoms with Crippen LogP contribution < -0.4 is 10.6 Å². The molecule has 2 N–H and O–H groups in total. The van der Waals surface area contributed by atoms with Crippen molar-refractivity contribution < 1.29 is 4.79 Å². The fourth-order valence-corrected chi connectivity index (χ4v) is 1.34. The molecule has 0 aliphatic rings. The van der Waals surface area contributed by atoms with Crippen molar-refractivity contribution in [2.75, 3.05) is 6.54 Å². The third kappa shape index (κ3) is 5.84. The van der Waals surface area contributed by atoms with E-state index in [-0.39, 0.29) is 12.1 Å². The Balaban J connectivity index is 3.68. The van der Waals surface area contributed by atoms with Crippen LogP contribution in [0.4, 0.5) is 4.79 Å². The van der Waals surface area contributed by atoms with E-state index in [0.29, 0.717) is 5.92 Å². The van der Waals surface area contributed by atoms with E-state index in [2.05, 4.69) is 38.3 Å². The summed E-state index contributed by atoms with van der Waals surface area (Å²) < 4.78 is 0. The van der Waals surface area contributed by atoms with Crippen LogP contribution in [0.2, 0.25) is 0 Å². The minimum absolute atomic E-state index is 0.0287. The quantitative estimate of drug-likeness (QED) is 0.636. The van der Waals surface area contributed by atoms with Crippen LogP contribution in [-0.2, 0) is 0 Å². The van der Waals surface area contributed by atoms with Crippen LogP contribution in [0.25, 0.3) is 0 Å². The predicted octanol–water partition coefficient (Wildman–Crippen LogP) is 2.52. The number of urea groups is 1. The zero-order chi connectivity index (χ0) is 11.0. The molecule has 1 unspecified atom stereocenters. The molecular formula is C11H24N2O. The topological polar surface area (TPSA) is 41.1 Å². The number of hydrogen-bond acceptors (Lipinski definition) is 1. The number of amides is 2. The van der Waals surface area contributed by atoms with Gasteiger partial charge in [-0.15, -0.1) is 0 Å². The Bertz CT molecular complexity index is 157. The highest BCUT2D eigenvalue weighted by atomic mass is 16.2. The van der Waals surface area contributed by atoms with Crippen LogP contribution in [0.5, 0.6) is 0 Å². The van der Waals surface area contributed by atoms with Gasteiger partial charge in [0.25, 0.3) is 0 Å². The lowest BCUT2D eigenvalue weighted by Crippen LogP contribution is -2.44. The molecule has 0 spiro atoms. The predicted molar refractivity (Wildman–Crippen MR) is 60.4 cm³/mol. The van der Waals surface area contributed by atoms with Crippen LogP contribution in [-0.4, -0.2) is 18.6 Å². The van der Waals surface area contributed by atoms with E-state index in [1.165, 1.54) is 0 Å². The van der Waals surface area contributed by atoms with Gasteiger partial charge in [-0.1, -0.05) is 34.1 Å². The van der Waals surface area contributed by atoms with Crippen LogP contribution >= 0.6 is 0 Å². The molecule has 0 radical (unpaired) electrons. The molecule has 84 valence electrons. The van der Waals surface area contributed by atoms with Gasteiger partial charge in [-0.25, -0.2) is 4.79 Å². The molecule has 0 aliphatic heterocycles. The molecule has 2 amide bonds. The Kier molecular flexibility index (Phi) is 7.25. The number of rotatable bonds is 6. The number of carbonyl (C=O) groups excluding carboxylic acids is 1. The molecule has 0 rings (SSSR count). The summed E-state index contributed by atoms with van der Waals surface area (Å²) in [5.74, 6) is 0.497. The molecule has 3 heteroatoms. The number of carbonyl (C=O) groups is 1. The van der Waals surface area contributed by atoms with E-state index < -0.39 is 0 Å². The number of hydrogen-bond donors (Lipinski definition) is 2. The SMILES string of the molecule is CCCCNC(=O)NC(CC)C(C)C. The van der Waals surface area contributed by atoms with E-state index >= 15 is 0 Å².